The monoisotopic (exact) mass is 305 g/mol. The molecule has 0 fully saturated rings. The number of carbonyl (C=O) groups is 1. The third-order valence-corrected chi connectivity index (χ3v) is 4.29. The van der Waals surface area contributed by atoms with Gasteiger partial charge >= 0.3 is 0 Å². The van der Waals surface area contributed by atoms with Crippen LogP contribution >= 0.6 is 0 Å². The standard InChI is InChI=1S/C14H15N3O3S/c1-15-21(19,20)13-4-2-3-11(9-13)10-17-14(18)12-5-7-16-8-6-12/h2-9,15H,10H2,1H3,(H,17,18). The summed E-state index contributed by atoms with van der Waals surface area (Å²) in [5, 5.41) is 2.73. The van der Waals surface area contributed by atoms with Crippen molar-refractivity contribution in [3.05, 3.63) is 59.9 Å². The number of hydrogen-bond donors (Lipinski definition) is 2. The minimum Gasteiger partial charge on any atom is -0.348 e. The second-order valence-electron chi connectivity index (χ2n) is 4.27. The van der Waals surface area contributed by atoms with Crippen molar-refractivity contribution in [1.29, 1.82) is 0 Å². The molecule has 21 heavy (non-hydrogen) atoms. The lowest BCUT2D eigenvalue weighted by molar-refractivity contribution is 0.0951. The number of nitrogens with zero attached hydrogens (tertiary/aromatic N) is 1. The maximum Gasteiger partial charge on any atom is 0.251 e. The van der Waals surface area contributed by atoms with Crippen LogP contribution in [-0.2, 0) is 16.6 Å². The van der Waals surface area contributed by atoms with Crippen LogP contribution in [0.5, 0.6) is 0 Å². The van der Waals surface area contributed by atoms with Gasteiger partial charge in [0.15, 0.2) is 0 Å². The number of benzene rings is 1. The molecule has 2 aromatic rings. The van der Waals surface area contributed by atoms with Crippen LogP contribution in [0.2, 0.25) is 0 Å². The minimum absolute atomic E-state index is 0.167. The Morgan fingerprint density at radius 3 is 2.57 bits per heavy atom. The molecule has 2 N–H and O–H groups in total. The molecule has 0 aliphatic carbocycles. The van der Waals surface area contributed by atoms with E-state index in [2.05, 4.69) is 15.0 Å². The van der Waals surface area contributed by atoms with Crippen LogP contribution in [0.15, 0.2) is 53.7 Å². The number of nitrogens with one attached hydrogen (secondary N) is 2. The largest absolute Gasteiger partial charge is 0.348 e. The SMILES string of the molecule is CNS(=O)(=O)c1cccc(CNC(=O)c2ccncc2)c1. The number of rotatable bonds is 5. The number of amides is 1. The molecule has 0 saturated heterocycles. The van der Waals surface area contributed by atoms with E-state index in [0.717, 1.165) is 0 Å². The molecule has 110 valence electrons. The summed E-state index contributed by atoms with van der Waals surface area (Å²) in [5.74, 6) is -0.237. The fourth-order valence-electron chi connectivity index (χ4n) is 1.73. The predicted molar refractivity (Wildman–Crippen MR) is 78.1 cm³/mol. The number of aromatic nitrogens is 1. The smallest absolute Gasteiger partial charge is 0.251 e. The summed E-state index contributed by atoms with van der Waals surface area (Å²) in [6.07, 6.45) is 3.07. The zero-order chi connectivity index (χ0) is 15.3. The molecule has 1 aromatic carbocycles. The topological polar surface area (TPSA) is 88.2 Å². The van der Waals surface area contributed by atoms with Crippen molar-refractivity contribution >= 4 is 15.9 Å². The van der Waals surface area contributed by atoms with Crippen LogP contribution in [0.3, 0.4) is 0 Å². The third kappa shape index (κ3) is 3.87. The Balaban J connectivity index is 2.08. The Kier molecular flexibility index (Phi) is 4.66. The molecule has 7 heteroatoms. The second-order valence-corrected chi connectivity index (χ2v) is 6.16. The number of pyridine rings is 1. The average molecular weight is 305 g/mol. The first-order chi connectivity index (χ1) is 10.0. The van der Waals surface area contributed by atoms with Crippen molar-refractivity contribution in [1.82, 2.24) is 15.0 Å². The summed E-state index contributed by atoms with van der Waals surface area (Å²) in [5.41, 5.74) is 1.21. The van der Waals surface area contributed by atoms with E-state index in [1.807, 2.05) is 0 Å². The van der Waals surface area contributed by atoms with Crippen LogP contribution in [0.25, 0.3) is 0 Å². The fraction of sp³-hybridized carbons (Fsp3) is 0.143. The highest BCUT2D eigenvalue weighted by atomic mass is 32.2. The first kappa shape index (κ1) is 15.1. The predicted octanol–water partition coefficient (Wildman–Crippen LogP) is 0.920. The maximum atomic E-state index is 11.9. The van der Waals surface area contributed by atoms with E-state index >= 15 is 0 Å². The van der Waals surface area contributed by atoms with E-state index < -0.39 is 10.0 Å². The van der Waals surface area contributed by atoms with Gasteiger partial charge in [-0.2, -0.15) is 0 Å². The van der Waals surface area contributed by atoms with Crippen LogP contribution in [-0.4, -0.2) is 26.4 Å². The Hall–Kier alpha value is -2.25. The molecule has 0 bridgehead atoms. The molecule has 2 rings (SSSR count). The van der Waals surface area contributed by atoms with Gasteiger partial charge in [-0.15, -0.1) is 0 Å². The quantitative estimate of drug-likeness (QED) is 0.860. The summed E-state index contributed by atoms with van der Waals surface area (Å²) < 4.78 is 25.7. The molecular weight excluding hydrogens is 290 g/mol. The highest BCUT2D eigenvalue weighted by Gasteiger charge is 2.11. The van der Waals surface area contributed by atoms with Crippen molar-refractivity contribution in [3.63, 3.8) is 0 Å². The summed E-state index contributed by atoms with van der Waals surface area (Å²) in [7, 11) is -2.13. The highest BCUT2D eigenvalue weighted by Crippen LogP contribution is 2.11. The lowest BCUT2D eigenvalue weighted by Gasteiger charge is -2.07. The van der Waals surface area contributed by atoms with Crippen molar-refractivity contribution in [2.24, 2.45) is 0 Å². The molecule has 1 heterocycles. The van der Waals surface area contributed by atoms with Crippen molar-refractivity contribution in [2.75, 3.05) is 7.05 Å². The summed E-state index contributed by atoms with van der Waals surface area (Å²) in [6, 6.07) is 9.63. The van der Waals surface area contributed by atoms with Crippen molar-refractivity contribution < 1.29 is 13.2 Å². The number of sulfonamides is 1. The van der Waals surface area contributed by atoms with Gasteiger partial charge in [0.1, 0.15) is 0 Å². The second kappa shape index (κ2) is 6.47. The summed E-state index contributed by atoms with van der Waals surface area (Å²) in [6.45, 7) is 0.244. The molecule has 0 unspecified atom stereocenters. The molecule has 0 saturated carbocycles. The normalized spacial score (nSPS) is 11.1. The molecule has 0 atom stereocenters. The lowest BCUT2D eigenvalue weighted by Crippen LogP contribution is -2.23. The fourth-order valence-corrected chi connectivity index (χ4v) is 2.53. The molecule has 0 aliphatic rings. The Morgan fingerprint density at radius 2 is 1.90 bits per heavy atom. The zero-order valence-electron chi connectivity index (χ0n) is 11.4. The van der Waals surface area contributed by atoms with E-state index in [-0.39, 0.29) is 17.3 Å². The number of carbonyl (C=O) groups excluding carboxylic acids is 1. The summed E-state index contributed by atoms with van der Waals surface area (Å²) in [4.78, 5) is 15.9. The molecule has 0 aliphatic heterocycles. The van der Waals surface area contributed by atoms with E-state index in [0.29, 0.717) is 11.1 Å². The van der Waals surface area contributed by atoms with Crippen molar-refractivity contribution in [3.8, 4) is 0 Å². The van der Waals surface area contributed by atoms with Gasteiger partial charge in [-0.1, -0.05) is 12.1 Å². The molecule has 0 radical (unpaired) electrons. The van der Waals surface area contributed by atoms with Crippen LogP contribution in [0.1, 0.15) is 15.9 Å². The van der Waals surface area contributed by atoms with Crippen molar-refractivity contribution in [2.45, 2.75) is 11.4 Å². The first-order valence-electron chi connectivity index (χ1n) is 6.23. The van der Waals surface area contributed by atoms with Gasteiger partial charge < -0.3 is 5.32 Å². The van der Waals surface area contributed by atoms with Gasteiger partial charge in [0.2, 0.25) is 10.0 Å². The lowest BCUT2D eigenvalue weighted by atomic mass is 10.2. The zero-order valence-corrected chi connectivity index (χ0v) is 12.2. The Bertz CT molecular complexity index is 730. The first-order valence-corrected chi connectivity index (χ1v) is 7.72. The highest BCUT2D eigenvalue weighted by molar-refractivity contribution is 7.89. The molecule has 6 nitrogen and oxygen atoms in total. The van der Waals surface area contributed by atoms with E-state index in [1.54, 1.807) is 24.3 Å². The van der Waals surface area contributed by atoms with E-state index in [4.69, 9.17) is 0 Å². The Labute approximate surface area is 123 Å². The van der Waals surface area contributed by atoms with Gasteiger partial charge in [0.05, 0.1) is 4.90 Å². The van der Waals surface area contributed by atoms with Gasteiger partial charge in [0.25, 0.3) is 5.91 Å². The maximum absolute atomic E-state index is 11.9. The Morgan fingerprint density at radius 1 is 1.19 bits per heavy atom. The number of hydrogen-bond acceptors (Lipinski definition) is 4. The van der Waals surface area contributed by atoms with Crippen LogP contribution in [0, 0.1) is 0 Å². The molecular formula is C14H15N3O3S. The van der Waals surface area contributed by atoms with Crippen LogP contribution < -0.4 is 10.0 Å². The van der Waals surface area contributed by atoms with Gasteiger partial charge in [0, 0.05) is 24.5 Å². The van der Waals surface area contributed by atoms with E-state index in [1.165, 1.54) is 31.6 Å². The van der Waals surface area contributed by atoms with Gasteiger partial charge in [-0.05, 0) is 36.9 Å². The molecule has 0 spiro atoms. The molecule has 1 amide bonds. The molecule has 1 aromatic heterocycles. The van der Waals surface area contributed by atoms with E-state index in [9.17, 15) is 13.2 Å². The average Bonchev–Trinajstić information content (AvgIpc) is 2.53. The minimum atomic E-state index is -3.48. The summed E-state index contributed by atoms with van der Waals surface area (Å²) >= 11 is 0. The third-order valence-electron chi connectivity index (χ3n) is 2.87. The van der Waals surface area contributed by atoms with Crippen LogP contribution in [0.4, 0.5) is 0 Å². The van der Waals surface area contributed by atoms with Gasteiger partial charge in [-0.25, -0.2) is 13.1 Å². The van der Waals surface area contributed by atoms with Gasteiger partial charge in [-0.3, -0.25) is 9.78 Å².